The van der Waals surface area contributed by atoms with Crippen LogP contribution in [0, 0.1) is 5.82 Å². The molecule has 4 aromatic rings. The molecule has 5 nitrogen and oxygen atoms in total. The first-order valence-electron chi connectivity index (χ1n) is 10.2. The Labute approximate surface area is 196 Å². The van der Waals surface area contributed by atoms with E-state index in [0.29, 0.717) is 31.9 Å². The van der Waals surface area contributed by atoms with Crippen molar-refractivity contribution in [3.63, 3.8) is 0 Å². The van der Waals surface area contributed by atoms with Crippen molar-refractivity contribution in [1.29, 1.82) is 0 Å². The van der Waals surface area contributed by atoms with E-state index in [0.717, 1.165) is 5.56 Å². The van der Waals surface area contributed by atoms with Gasteiger partial charge in [0.2, 0.25) is 0 Å². The monoisotopic (exact) mass is 475 g/mol. The van der Waals surface area contributed by atoms with Crippen LogP contribution in [0.15, 0.2) is 92.5 Å². The quantitative estimate of drug-likeness (QED) is 0.484. The minimum Gasteiger partial charge on any atom is -0.322 e. The fraction of sp³-hybridized carbons (Fsp3) is 0.0800. The van der Waals surface area contributed by atoms with Crippen LogP contribution in [-0.4, -0.2) is 10.5 Å². The Balaban J connectivity index is 1.68. The average molecular weight is 476 g/mol. The first-order valence-corrected chi connectivity index (χ1v) is 11.9. The number of carbonyl (C=O) groups is 1. The molecule has 33 heavy (non-hydrogen) atoms. The summed E-state index contributed by atoms with van der Waals surface area (Å²) in [6.45, 7) is 1.76. The number of nitrogens with one attached hydrogen (secondary N) is 1. The van der Waals surface area contributed by atoms with Crippen molar-refractivity contribution in [2.45, 2.75) is 13.0 Å². The van der Waals surface area contributed by atoms with Gasteiger partial charge in [-0.1, -0.05) is 41.7 Å². The molecule has 0 saturated carbocycles. The third-order valence-electron chi connectivity index (χ3n) is 5.32. The van der Waals surface area contributed by atoms with E-state index in [1.54, 1.807) is 42.5 Å². The lowest BCUT2D eigenvalue weighted by molar-refractivity contribution is -0.113. The number of hydrogen-bond acceptors (Lipinski definition) is 5. The zero-order valence-electron chi connectivity index (χ0n) is 17.5. The first-order chi connectivity index (χ1) is 16.0. The number of allylic oxidation sites excluding steroid dienone is 1. The first kappa shape index (κ1) is 21.2. The van der Waals surface area contributed by atoms with Crippen LogP contribution in [0.5, 0.6) is 0 Å². The summed E-state index contributed by atoms with van der Waals surface area (Å²) < 4.78 is 15.7. The van der Waals surface area contributed by atoms with Crippen LogP contribution in [0.2, 0.25) is 0 Å². The van der Waals surface area contributed by atoms with Crippen LogP contribution >= 0.6 is 22.7 Å². The van der Waals surface area contributed by atoms with E-state index in [4.69, 9.17) is 0 Å². The molecule has 8 heteroatoms. The van der Waals surface area contributed by atoms with Crippen LogP contribution in [0.3, 0.4) is 0 Å². The molecule has 0 radical (unpaired) electrons. The van der Waals surface area contributed by atoms with Gasteiger partial charge in [-0.3, -0.25) is 14.2 Å². The van der Waals surface area contributed by atoms with Crippen molar-refractivity contribution in [3.8, 4) is 0 Å². The summed E-state index contributed by atoms with van der Waals surface area (Å²) in [6, 6.07) is 16.2. The maximum absolute atomic E-state index is 13.7. The van der Waals surface area contributed by atoms with Gasteiger partial charge >= 0.3 is 0 Å². The topological polar surface area (TPSA) is 63.5 Å². The maximum atomic E-state index is 13.7. The molecule has 1 aliphatic heterocycles. The summed E-state index contributed by atoms with van der Waals surface area (Å²) >= 11 is 2.82. The van der Waals surface area contributed by atoms with Crippen LogP contribution in [-0.2, 0) is 4.79 Å². The lowest BCUT2D eigenvalue weighted by atomic mass is 9.95. The fourth-order valence-corrected chi connectivity index (χ4v) is 5.47. The number of thiazole rings is 1. The van der Waals surface area contributed by atoms with Gasteiger partial charge in [0.05, 0.1) is 21.8 Å². The summed E-state index contributed by atoms with van der Waals surface area (Å²) in [7, 11) is 0. The molecule has 0 saturated heterocycles. The Morgan fingerprint density at radius 2 is 1.88 bits per heavy atom. The molecule has 5 rings (SSSR count). The lowest BCUT2D eigenvalue weighted by Crippen LogP contribution is -2.40. The van der Waals surface area contributed by atoms with E-state index < -0.39 is 6.04 Å². The summed E-state index contributed by atoms with van der Waals surface area (Å²) in [5.74, 6) is -0.747. The molecule has 1 aliphatic rings. The highest BCUT2D eigenvalue weighted by molar-refractivity contribution is 7.08. The molecule has 1 unspecified atom stereocenters. The molecule has 1 atom stereocenters. The number of aromatic nitrogens is 1. The Kier molecular flexibility index (Phi) is 5.62. The third kappa shape index (κ3) is 4.10. The lowest BCUT2D eigenvalue weighted by Gasteiger charge is -2.25. The van der Waals surface area contributed by atoms with Gasteiger partial charge in [-0.05, 0) is 65.2 Å². The molecule has 2 aromatic carbocycles. The summed E-state index contributed by atoms with van der Waals surface area (Å²) in [5, 5.41) is 6.80. The number of rotatable bonds is 4. The Hall–Kier alpha value is -3.62. The zero-order valence-corrected chi connectivity index (χ0v) is 19.1. The van der Waals surface area contributed by atoms with Gasteiger partial charge < -0.3 is 5.32 Å². The van der Waals surface area contributed by atoms with Gasteiger partial charge in [-0.15, -0.1) is 0 Å². The van der Waals surface area contributed by atoms with Gasteiger partial charge in [-0.25, -0.2) is 9.38 Å². The maximum Gasteiger partial charge on any atom is 0.271 e. The third-order valence-corrected chi connectivity index (χ3v) is 7.01. The van der Waals surface area contributed by atoms with E-state index in [1.807, 2.05) is 41.1 Å². The van der Waals surface area contributed by atoms with Crippen molar-refractivity contribution in [3.05, 3.63) is 119 Å². The van der Waals surface area contributed by atoms with Gasteiger partial charge in [0, 0.05) is 5.69 Å². The normalized spacial score (nSPS) is 15.8. The van der Waals surface area contributed by atoms with Crippen molar-refractivity contribution >= 4 is 40.3 Å². The number of amides is 1. The molecule has 3 heterocycles. The van der Waals surface area contributed by atoms with Crippen LogP contribution < -0.4 is 20.2 Å². The zero-order chi connectivity index (χ0) is 22.9. The average Bonchev–Trinajstić information content (AvgIpc) is 3.42. The number of nitrogens with zero attached hydrogens (tertiary/aromatic N) is 2. The fourth-order valence-electron chi connectivity index (χ4n) is 3.80. The van der Waals surface area contributed by atoms with Crippen molar-refractivity contribution < 1.29 is 9.18 Å². The number of para-hydroxylation sites is 1. The molecule has 1 amide bonds. The summed E-state index contributed by atoms with van der Waals surface area (Å²) in [5.41, 5.74) is 2.82. The van der Waals surface area contributed by atoms with Crippen molar-refractivity contribution in [2.75, 3.05) is 5.32 Å². The second-order valence-corrected chi connectivity index (χ2v) is 9.30. The van der Waals surface area contributed by atoms with Gasteiger partial charge in [0.1, 0.15) is 5.82 Å². The summed E-state index contributed by atoms with van der Waals surface area (Å²) in [4.78, 5) is 32.0. The number of benzene rings is 2. The van der Waals surface area contributed by atoms with Crippen molar-refractivity contribution in [1.82, 2.24) is 4.57 Å². The molecular weight excluding hydrogens is 457 g/mol. The Morgan fingerprint density at radius 1 is 1.12 bits per heavy atom. The molecule has 0 fully saturated rings. The number of hydrogen-bond donors (Lipinski definition) is 1. The van der Waals surface area contributed by atoms with Gasteiger partial charge in [0.25, 0.3) is 11.5 Å². The molecule has 0 bridgehead atoms. The van der Waals surface area contributed by atoms with E-state index in [1.165, 1.54) is 28.0 Å². The molecule has 0 aliphatic carbocycles. The minimum atomic E-state index is -0.727. The predicted octanol–water partition coefficient (Wildman–Crippen LogP) is 4.07. The Bertz CT molecular complexity index is 1530. The SMILES string of the molecule is CC1=C(C(=O)Nc2ccccc2)C(c2ccc(F)cc2)n2c(s/c(=C/c3ccsc3)c2=O)=N1. The molecule has 0 spiro atoms. The second-order valence-electron chi connectivity index (χ2n) is 7.51. The predicted molar refractivity (Wildman–Crippen MR) is 130 cm³/mol. The molecule has 2 aromatic heterocycles. The van der Waals surface area contributed by atoms with E-state index in [2.05, 4.69) is 10.3 Å². The minimum absolute atomic E-state index is 0.239. The van der Waals surface area contributed by atoms with Gasteiger partial charge in [-0.2, -0.15) is 11.3 Å². The van der Waals surface area contributed by atoms with E-state index in [-0.39, 0.29) is 17.3 Å². The number of thiophene rings is 1. The molecular formula is C25H18FN3O2S2. The molecule has 1 N–H and O–H groups in total. The van der Waals surface area contributed by atoms with E-state index in [9.17, 15) is 14.0 Å². The summed E-state index contributed by atoms with van der Waals surface area (Å²) in [6.07, 6.45) is 1.82. The smallest absolute Gasteiger partial charge is 0.271 e. The van der Waals surface area contributed by atoms with E-state index >= 15 is 0 Å². The highest BCUT2D eigenvalue weighted by atomic mass is 32.1. The van der Waals surface area contributed by atoms with Crippen LogP contribution in [0.1, 0.15) is 24.1 Å². The number of halogens is 1. The van der Waals surface area contributed by atoms with Crippen molar-refractivity contribution in [2.24, 2.45) is 4.99 Å². The number of fused-ring (bicyclic) bond motifs is 1. The van der Waals surface area contributed by atoms with Crippen LogP contribution in [0.25, 0.3) is 6.08 Å². The largest absolute Gasteiger partial charge is 0.322 e. The Morgan fingerprint density at radius 3 is 2.58 bits per heavy atom. The number of carbonyl (C=O) groups excluding carboxylic acids is 1. The highest BCUT2D eigenvalue weighted by Gasteiger charge is 2.32. The number of anilines is 1. The second kappa shape index (κ2) is 8.73. The standard InChI is InChI=1S/C25H18FN3O2S2/c1-15-21(23(30)28-19-5-3-2-4-6-19)22(17-7-9-18(26)10-8-17)29-24(31)20(33-25(29)27-15)13-16-11-12-32-14-16/h2-14,22H,1H3,(H,28,30)/b20-13+. The highest BCUT2D eigenvalue weighted by Crippen LogP contribution is 2.30. The van der Waals surface area contributed by atoms with Crippen LogP contribution in [0.4, 0.5) is 10.1 Å². The molecule has 164 valence electrons. The van der Waals surface area contributed by atoms with Gasteiger partial charge in [0.15, 0.2) is 4.80 Å².